The lowest BCUT2D eigenvalue weighted by Gasteiger charge is -2.15. The van der Waals surface area contributed by atoms with Crippen molar-refractivity contribution < 1.29 is 0 Å². The first-order valence-corrected chi connectivity index (χ1v) is 9.40. The van der Waals surface area contributed by atoms with Crippen LogP contribution in [-0.2, 0) is 0 Å². The van der Waals surface area contributed by atoms with Crippen molar-refractivity contribution in [1.29, 1.82) is 5.41 Å². The summed E-state index contributed by atoms with van der Waals surface area (Å²) in [6.07, 6.45) is 7.91. The number of benzene rings is 2. The minimum atomic E-state index is -0.233. The summed E-state index contributed by atoms with van der Waals surface area (Å²) in [5.74, 6) is 0. The van der Waals surface area contributed by atoms with Gasteiger partial charge < -0.3 is 10.7 Å². The molecular formula is C23H20N6O. The van der Waals surface area contributed by atoms with Gasteiger partial charge in [-0.25, -0.2) is 9.36 Å². The Bertz CT molecular complexity index is 1260. The molecule has 0 fully saturated rings. The summed E-state index contributed by atoms with van der Waals surface area (Å²) in [5, 5.41) is 19.6. The Morgan fingerprint density at radius 3 is 2.43 bits per heavy atom. The molecule has 148 valence electrons. The SMILES string of the molecule is Cc1c(-n2cccn2)cccc1-n1ccc(=O)c(/C(=C/C=N)Nc2ccccc2)n1. The maximum absolute atomic E-state index is 12.6. The molecule has 0 unspecified atom stereocenters. The summed E-state index contributed by atoms with van der Waals surface area (Å²) < 4.78 is 3.46. The van der Waals surface area contributed by atoms with Gasteiger partial charge in [0.15, 0.2) is 5.69 Å². The van der Waals surface area contributed by atoms with E-state index >= 15 is 0 Å². The fourth-order valence-electron chi connectivity index (χ4n) is 3.19. The van der Waals surface area contributed by atoms with E-state index in [0.29, 0.717) is 5.70 Å². The molecule has 0 aliphatic rings. The molecule has 0 spiro atoms. The van der Waals surface area contributed by atoms with Crippen LogP contribution in [-0.4, -0.2) is 25.8 Å². The van der Waals surface area contributed by atoms with Gasteiger partial charge in [-0.05, 0) is 43.3 Å². The average Bonchev–Trinajstić information content (AvgIpc) is 3.30. The quantitative estimate of drug-likeness (QED) is 0.485. The average molecular weight is 396 g/mol. The van der Waals surface area contributed by atoms with Crippen molar-refractivity contribution in [1.82, 2.24) is 19.6 Å². The van der Waals surface area contributed by atoms with Gasteiger partial charge in [0.05, 0.1) is 17.1 Å². The van der Waals surface area contributed by atoms with Crippen molar-refractivity contribution in [2.24, 2.45) is 0 Å². The Balaban J connectivity index is 1.79. The van der Waals surface area contributed by atoms with Gasteiger partial charge in [0.2, 0.25) is 5.43 Å². The first kappa shape index (κ1) is 19.1. The number of rotatable bonds is 6. The largest absolute Gasteiger partial charge is 0.354 e. The molecule has 4 aromatic rings. The molecule has 2 heterocycles. The van der Waals surface area contributed by atoms with Crippen molar-refractivity contribution in [3.05, 3.63) is 107 Å². The molecular weight excluding hydrogens is 376 g/mol. The van der Waals surface area contributed by atoms with Crippen LogP contribution in [0.2, 0.25) is 0 Å². The highest BCUT2D eigenvalue weighted by Crippen LogP contribution is 2.21. The van der Waals surface area contributed by atoms with Gasteiger partial charge in [0.1, 0.15) is 0 Å². The lowest BCUT2D eigenvalue weighted by Crippen LogP contribution is -2.19. The molecule has 2 N–H and O–H groups in total. The monoisotopic (exact) mass is 396 g/mol. The van der Waals surface area contributed by atoms with Crippen LogP contribution in [0.25, 0.3) is 17.1 Å². The highest BCUT2D eigenvalue weighted by Gasteiger charge is 2.13. The zero-order valence-electron chi connectivity index (χ0n) is 16.4. The van der Waals surface area contributed by atoms with Crippen molar-refractivity contribution in [3.8, 4) is 11.4 Å². The molecule has 0 aliphatic carbocycles. The van der Waals surface area contributed by atoms with E-state index in [1.54, 1.807) is 21.8 Å². The third kappa shape index (κ3) is 3.81. The Morgan fingerprint density at radius 1 is 0.967 bits per heavy atom. The number of anilines is 1. The smallest absolute Gasteiger partial charge is 0.209 e. The number of nitrogens with one attached hydrogen (secondary N) is 2. The Morgan fingerprint density at radius 2 is 1.73 bits per heavy atom. The van der Waals surface area contributed by atoms with E-state index in [-0.39, 0.29) is 11.1 Å². The molecule has 7 heteroatoms. The number of nitrogens with zero attached hydrogens (tertiary/aromatic N) is 4. The van der Waals surface area contributed by atoms with Crippen LogP contribution in [0.5, 0.6) is 0 Å². The molecule has 30 heavy (non-hydrogen) atoms. The fourth-order valence-corrected chi connectivity index (χ4v) is 3.19. The van der Waals surface area contributed by atoms with Crippen LogP contribution < -0.4 is 10.7 Å². The second kappa shape index (κ2) is 8.40. The van der Waals surface area contributed by atoms with Crippen LogP contribution in [0.15, 0.2) is 90.1 Å². The van der Waals surface area contributed by atoms with Crippen LogP contribution in [0, 0.1) is 12.3 Å². The minimum Gasteiger partial charge on any atom is -0.354 e. The molecule has 0 aliphatic heterocycles. The van der Waals surface area contributed by atoms with Crippen LogP contribution >= 0.6 is 0 Å². The summed E-state index contributed by atoms with van der Waals surface area (Å²) in [6.45, 7) is 1.99. The van der Waals surface area contributed by atoms with Gasteiger partial charge in [-0.1, -0.05) is 24.3 Å². The molecule has 2 aromatic heterocycles. The van der Waals surface area contributed by atoms with E-state index in [1.165, 1.54) is 12.1 Å². The summed E-state index contributed by atoms with van der Waals surface area (Å²) in [4.78, 5) is 12.6. The van der Waals surface area contributed by atoms with Gasteiger partial charge in [-0.3, -0.25) is 4.79 Å². The predicted molar refractivity (Wildman–Crippen MR) is 119 cm³/mol. The lowest BCUT2D eigenvalue weighted by molar-refractivity contribution is 0.809. The zero-order chi connectivity index (χ0) is 20.9. The van der Waals surface area contributed by atoms with Crippen LogP contribution in [0.3, 0.4) is 0 Å². The second-order valence-electron chi connectivity index (χ2n) is 6.58. The maximum Gasteiger partial charge on any atom is 0.209 e. The normalized spacial score (nSPS) is 11.3. The van der Waals surface area contributed by atoms with Gasteiger partial charge in [-0.2, -0.15) is 10.2 Å². The van der Waals surface area contributed by atoms with Gasteiger partial charge in [0.25, 0.3) is 0 Å². The van der Waals surface area contributed by atoms with E-state index in [4.69, 9.17) is 5.41 Å². The minimum absolute atomic E-state index is 0.230. The molecule has 0 saturated heterocycles. The molecule has 0 amide bonds. The Labute approximate surface area is 173 Å². The molecule has 7 nitrogen and oxygen atoms in total. The fraction of sp³-hybridized carbons (Fsp3) is 0.0435. The zero-order valence-corrected chi connectivity index (χ0v) is 16.4. The van der Waals surface area contributed by atoms with E-state index in [2.05, 4.69) is 15.5 Å². The standard InChI is InChI=1S/C23H20N6O/c1-17-20(28-15-6-14-25-28)9-5-10-21(17)29-16-12-22(30)23(27-29)19(11-13-24)26-18-7-3-2-4-8-18/h2-16,24,26H,1H3/b19-11-,24-13?. The first-order chi connectivity index (χ1) is 14.7. The Kier molecular flexibility index (Phi) is 5.34. The number of allylic oxidation sites excluding steroid dienone is 1. The maximum atomic E-state index is 12.6. The highest BCUT2D eigenvalue weighted by atomic mass is 16.1. The number of hydrogen-bond acceptors (Lipinski definition) is 5. The molecule has 0 atom stereocenters. The summed E-state index contributed by atoms with van der Waals surface area (Å²) in [5.41, 5.74) is 3.99. The molecule has 0 saturated carbocycles. The molecule has 4 rings (SSSR count). The van der Waals surface area contributed by atoms with Crippen LogP contribution in [0.4, 0.5) is 5.69 Å². The first-order valence-electron chi connectivity index (χ1n) is 9.40. The molecule has 2 aromatic carbocycles. The summed E-state index contributed by atoms with van der Waals surface area (Å²) in [7, 11) is 0. The van der Waals surface area contributed by atoms with E-state index in [9.17, 15) is 4.79 Å². The second-order valence-corrected chi connectivity index (χ2v) is 6.58. The van der Waals surface area contributed by atoms with Crippen molar-refractivity contribution in [3.63, 3.8) is 0 Å². The van der Waals surface area contributed by atoms with E-state index < -0.39 is 0 Å². The van der Waals surface area contributed by atoms with Gasteiger partial charge in [0, 0.05) is 42.1 Å². The third-order valence-corrected chi connectivity index (χ3v) is 4.64. The van der Waals surface area contributed by atoms with Gasteiger partial charge >= 0.3 is 0 Å². The van der Waals surface area contributed by atoms with E-state index in [1.807, 2.05) is 67.7 Å². The summed E-state index contributed by atoms with van der Waals surface area (Å²) in [6, 6.07) is 18.7. The lowest BCUT2D eigenvalue weighted by atomic mass is 10.1. The molecule has 0 radical (unpaired) electrons. The summed E-state index contributed by atoms with van der Waals surface area (Å²) >= 11 is 0. The number of para-hydroxylation sites is 1. The third-order valence-electron chi connectivity index (χ3n) is 4.64. The van der Waals surface area contributed by atoms with Crippen molar-refractivity contribution in [2.45, 2.75) is 6.92 Å². The van der Waals surface area contributed by atoms with Crippen LogP contribution in [0.1, 0.15) is 11.3 Å². The van der Waals surface area contributed by atoms with Crippen molar-refractivity contribution >= 4 is 17.6 Å². The highest BCUT2D eigenvalue weighted by molar-refractivity contribution is 5.86. The topological polar surface area (TPSA) is 88.6 Å². The Hall–Kier alpha value is -4.26. The predicted octanol–water partition coefficient (Wildman–Crippen LogP) is 3.83. The van der Waals surface area contributed by atoms with Gasteiger partial charge in [-0.15, -0.1) is 0 Å². The van der Waals surface area contributed by atoms with Crippen molar-refractivity contribution in [2.75, 3.05) is 5.32 Å². The number of aromatic nitrogens is 4. The number of hydrogen-bond donors (Lipinski definition) is 2. The van der Waals surface area contributed by atoms with E-state index in [0.717, 1.165) is 28.8 Å². The molecule has 0 bridgehead atoms.